The molecular formula is C11H15ClO. The molecule has 1 rings (SSSR count). The van der Waals surface area contributed by atoms with Crippen molar-refractivity contribution in [2.24, 2.45) is 0 Å². The Morgan fingerprint density at radius 3 is 2.38 bits per heavy atom. The first-order valence-corrected chi connectivity index (χ1v) is 4.87. The van der Waals surface area contributed by atoms with Gasteiger partial charge in [-0.25, -0.2) is 0 Å². The highest BCUT2D eigenvalue weighted by molar-refractivity contribution is 6.20. The van der Waals surface area contributed by atoms with Crippen LogP contribution in [0.25, 0.3) is 0 Å². The minimum absolute atomic E-state index is 0.0994. The molecule has 1 nitrogen and oxygen atoms in total. The summed E-state index contributed by atoms with van der Waals surface area (Å²) in [6.45, 7) is 2.67. The Morgan fingerprint density at radius 2 is 1.92 bits per heavy atom. The van der Waals surface area contributed by atoms with Crippen molar-refractivity contribution >= 4 is 11.6 Å². The molecule has 0 spiro atoms. The van der Waals surface area contributed by atoms with Gasteiger partial charge in [0.05, 0.1) is 6.61 Å². The van der Waals surface area contributed by atoms with Crippen LogP contribution in [0.2, 0.25) is 0 Å². The monoisotopic (exact) mass is 198 g/mol. The van der Waals surface area contributed by atoms with E-state index in [1.807, 2.05) is 25.1 Å². The van der Waals surface area contributed by atoms with E-state index in [1.165, 1.54) is 5.56 Å². The second kappa shape index (κ2) is 5.25. The molecule has 2 atom stereocenters. The van der Waals surface area contributed by atoms with E-state index in [9.17, 15) is 0 Å². The van der Waals surface area contributed by atoms with Crippen LogP contribution in [0.5, 0.6) is 0 Å². The van der Waals surface area contributed by atoms with Crippen LogP contribution in [0.15, 0.2) is 30.3 Å². The zero-order valence-electron chi connectivity index (χ0n) is 8.03. The summed E-state index contributed by atoms with van der Waals surface area (Å²) in [6, 6.07) is 10.2. The summed E-state index contributed by atoms with van der Waals surface area (Å²) in [5.41, 5.74) is 1.24. The molecule has 13 heavy (non-hydrogen) atoms. The summed E-state index contributed by atoms with van der Waals surface area (Å²) in [5, 5.41) is 0.0994. The van der Waals surface area contributed by atoms with Gasteiger partial charge in [0.25, 0.3) is 0 Å². The molecule has 0 bridgehead atoms. The molecule has 0 aromatic heterocycles. The second-order valence-corrected chi connectivity index (χ2v) is 3.84. The Hall–Kier alpha value is -0.530. The quantitative estimate of drug-likeness (QED) is 0.676. The average molecular weight is 199 g/mol. The highest BCUT2D eigenvalue weighted by Gasteiger charge is 2.16. The van der Waals surface area contributed by atoms with Crippen molar-refractivity contribution in [1.29, 1.82) is 0 Å². The Kier molecular flexibility index (Phi) is 4.26. The largest absolute Gasteiger partial charge is 0.384 e. The van der Waals surface area contributed by atoms with Gasteiger partial charge in [-0.3, -0.25) is 0 Å². The van der Waals surface area contributed by atoms with Crippen molar-refractivity contribution in [2.45, 2.75) is 18.2 Å². The van der Waals surface area contributed by atoms with Crippen LogP contribution in [0, 0.1) is 0 Å². The third-order valence-electron chi connectivity index (χ3n) is 2.13. The third kappa shape index (κ3) is 3.02. The molecule has 0 radical (unpaired) electrons. The van der Waals surface area contributed by atoms with E-state index in [4.69, 9.17) is 16.3 Å². The fourth-order valence-electron chi connectivity index (χ4n) is 1.37. The Bertz CT molecular complexity index is 233. The number of rotatable bonds is 4. The number of methoxy groups -OCH3 is 1. The maximum atomic E-state index is 6.08. The minimum atomic E-state index is 0.0994. The summed E-state index contributed by atoms with van der Waals surface area (Å²) < 4.78 is 5.14. The number of alkyl halides is 1. The van der Waals surface area contributed by atoms with Crippen LogP contribution in [0.1, 0.15) is 18.4 Å². The van der Waals surface area contributed by atoms with Crippen LogP contribution in [-0.4, -0.2) is 19.1 Å². The van der Waals surface area contributed by atoms with Crippen LogP contribution in [-0.2, 0) is 4.74 Å². The van der Waals surface area contributed by atoms with Crippen LogP contribution >= 0.6 is 11.6 Å². The van der Waals surface area contributed by atoms with Crippen molar-refractivity contribution in [3.63, 3.8) is 0 Å². The Balaban J connectivity index is 2.76. The topological polar surface area (TPSA) is 9.23 Å². The van der Waals surface area contributed by atoms with Crippen LogP contribution < -0.4 is 0 Å². The molecule has 0 aliphatic heterocycles. The van der Waals surface area contributed by atoms with Gasteiger partial charge in [-0.05, 0) is 12.5 Å². The SMILES string of the molecule is COCC(c1ccccc1)C(C)Cl. The van der Waals surface area contributed by atoms with Gasteiger partial charge in [0.2, 0.25) is 0 Å². The van der Waals surface area contributed by atoms with Gasteiger partial charge in [0.15, 0.2) is 0 Å². The predicted molar refractivity (Wildman–Crippen MR) is 56.4 cm³/mol. The fraction of sp³-hybridized carbons (Fsp3) is 0.455. The lowest BCUT2D eigenvalue weighted by atomic mass is 9.97. The van der Waals surface area contributed by atoms with E-state index in [2.05, 4.69) is 12.1 Å². The van der Waals surface area contributed by atoms with Gasteiger partial charge in [0.1, 0.15) is 0 Å². The van der Waals surface area contributed by atoms with Gasteiger partial charge in [-0.1, -0.05) is 30.3 Å². The molecule has 0 N–H and O–H groups in total. The third-order valence-corrected chi connectivity index (χ3v) is 2.43. The number of halogens is 1. The molecule has 0 saturated heterocycles. The standard InChI is InChI=1S/C11H15ClO/c1-9(12)11(8-13-2)10-6-4-3-5-7-10/h3-7,9,11H,8H2,1-2H3. The Labute approximate surface area is 84.7 Å². The zero-order chi connectivity index (χ0) is 9.68. The van der Waals surface area contributed by atoms with Crippen molar-refractivity contribution < 1.29 is 4.74 Å². The van der Waals surface area contributed by atoms with Crippen molar-refractivity contribution in [1.82, 2.24) is 0 Å². The van der Waals surface area contributed by atoms with Gasteiger partial charge < -0.3 is 4.74 Å². The second-order valence-electron chi connectivity index (χ2n) is 3.15. The first-order valence-electron chi connectivity index (χ1n) is 4.43. The van der Waals surface area contributed by atoms with Gasteiger partial charge in [-0.2, -0.15) is 0 Å². The molecule has 2 unspecified atom stereocenters. The molecule has 0 aliphatic rings. The Morgan fingerprint density at radius 1 is 1.31 bits per heavy atom. The maximum absolute atomic E-state index is 6.08. The van der Waals surface area contributed by atoms with E-state index >= 15 is 0 Å². The van der Waals surface area contributed by atoms with E-state index in [0.717, 1.165) is 0 Å². The summed E-state index contributed by atoms with van der Waals surface area (Å²) in [4.78, 5) is 0. The summed E-state index contributed by atoms with van der Waals surface area (Å²) in [7, 11) is 1.70. The maximum Gasteiger partial charge on any atom is 0.0545 e. The highest BCUT2D eigenvalue weighted by atomic mass is 35.5. The number of hydrogen-bond donors (Lipinski definition) is 0. The molecule has 0 saturated carbocycles. The molecule has 0 fully saturated rings. The van der Waals surface area contributed by atoms with Crippen molar-refractivity contribution in [3.05, 3.63) is 35.9 Å². The number of benzene rings is 1. The molecule has 1 aromatic carbocycles. The lowest BCUT2D eigenvalue weighted by Gasteiger charge is -2.18. The van der Waals surface area contributed by atoms with Crippen molar-refractivity contribution in [3.8, 4) is 0 Å². The predicted octanol–water partition coefficient (Wildman–Crippen LogP) is 3.04. The van der Waals surface area contributed by atoms with Crippen LogP contribution in [0.3, 0.4) is 0 Å². The first kappa shape index (κ1) is 10.6. The minimum Gasteiger partial charge on any atom is -0.384 e. The molecule has 72 valence electrons. The number of ether oxygens (including phenoxy) is 1. The zero-order valence-corrected chi connectivity index (χ0v) is 8.79. The summed E-state index contributed by atoms with van der Waals surface area (Å²) in [5.74, 6) is 0.285. The van der Waals surface area contributed by atoms with Gasteiger partial charge in [-0.15, -0.1) is 11.6 Å². The average Bonchev–Trinajstić information content (AvgIpc) is 2.15. The highest BCUT2D eigenvalue weighted by Crippen LogP contribution is 2.23. The summed E-state index contributed by atoms with van der Waals surface area (Å²) in [6.07, 6.45) is 0. The first-order chi connectivity index (χ1) is 6.25. The summed E-state index contributed by atoms with van der Waals surface area (Å²) >= 11 is 6.08. The van der Waals surface area contributed by atoms with Gasteiger partial charge in [0, 0.05) is 18.4 Å². The number of hydrogen-bond acceptors (Lipinski definition) is 1. The normalized spacial score (nSPS) is 15.3. The van der Waals surface area contributed by atoms with Crippen molar-refractivity contribution in [2.75, 3.05) is 13.7 Å². The molecule has 2 heteroatoms. The van der Waals surface area contributed by atoms with E-state index in [-0.39, 0.29) is 11.3 Å². The molecule has 0 heterocycles. The van der Waals surface area contributed by atoms with Gasteiger partial charge >= 0.3 is 0 Å². The molecular weight excluding hydrogens is 184 g/mol. The van der Waals surface area contributed by atoms with Crippen LogP contribution in [0.4, 0.5) is 0 Å². The molecule has 1 aromatic rings. The molecule has 0 aliphatic carbocycles. The fourth-order valence-corrected chi connectivity index (χ4v) is 1.59. The van der Waals surface area contributed by atoms with E-state index < -0.39 is 0 Å². The lowest BCUT2D eigenvalue weighted by molar-refractivity contribution is 0.178. The smallest absolute Gasteiger partial charge is 0.0545 e. The molecule has 0 amide bonds. The van der Waals surface area contributed by atoms with E-state index in [1.54, 1.807) is 7.11 Å². The van der Waals surface area contributed by atoms with E-state index in [0.29, 0.717) is 6.61 Å². The lowest BCUT2D eigenvalue weighted by Crippen LogP contribution is -2.15.